The average Bonchev–Trinajstić information content (AvgIpc) is 2.47. The van der Waals surface area contributed by atoms with E-state index in [9.17, 15) is 8.78 Å². The summed E-state index contributed by atoms with van der Waals surface area (Å²) in [6, 6.07) is 7.96. The zero-order valence-corrected chi connectivity index (χ0v) is 16.2. The highest BCUT2D eigenvalue weighted by Crippen LogP contribution is 2.26. The molecule has 0 atom stereocenters. The Bertz CT molecular complexity index is 699. The van der Waals surface area contributed by atoms with Gasteiger partial charge in [-0.2, -0.15) is 0 Å². The number of halogens is 4. The smallest absolute Gasteiger partial charge is 0.264 e. The molecule has 2 rings (SSSR count). The summed E-state index contributed by atoms with van der Waals surface area (Å²) >= 11 is 11.2. The molecule has 1 N–H and O–H groups in total. The van der Waals surface area contributed by atoms with Gasteiger partial charge in [-0.15, -0.1) is 0 Å². The van der Waals surface area contributed by atoms with Crippen LogP contribution >= 0.6 is 44.1 Å². The average molecular weight is 469 g/mol. The van der Waals surface area contributed by atoms with Gasteiger partial charge in [0.1, 0.15) is 23.1 Å². The van der Waals surface area contributed by atoms with Crippen molar-refractivity contribution >= 4 is 49.3 Å². The molecule has 0 saturated heterocycles. The van der Waals surface area contributed by atoms with Crippen LogP contribution in [0.15, 0.2) is 45.3 Å². The number of rotatable bonds is 1. The lowest BCUT2D eigenvalue weighted by Crippen LogP contribution is -2.25. The Balaban J connectivity index is 0.000000253. The Labute approximate surface area is 155 Å². The van der Waals surface area contributed by atoms with Crippen LogP contribution in [0.1, 0.15) is 0 Å². The molecule has 0 saturated carbocycles. The van der Waals surface area contributed by atoms with E-state index in [0.717, 1.165) is 6.07 Å². The predicted molar refractivity (Wildman–Crippen MR) is 96.8 cm³/mol. The van der Waals surface area contributed by atoms with Crippen LogP contribution < -0.4 is 4.74 Å². The van der Waals surface area contributed by atoms with Crippen molar-refractivity contribution in [2.24, 2.45) is 0 Å². The summed E-state index contributed by atoms with van der Waals surface area (Å²) < 4.78 is 31.4. The first kappa shape index (κ1) is 19.8. The molecule has 3 nitrogen and oxygen atoms in total. The van der Waals surface area contributed by atoms with Crippen LogP contribution in [0.4, 0.5) is 8.78 Å². The Hall–Kier alpha value is -1.25. The third-order valence-corrected chi connectivity index (χ3v) is 4.14. The highest BCUT2D eigenvalue weighted by Gasteiger charge is 2.07. The van der Waals surface area contributed by atoms with Crippen molar-refractivity contribution < 1.29 is 18.6 Å². The van der Waals surface area contributed by atoms with Crippen LogP contribution in [0.25, 0.3) is 0 Å². The van der Waals surface area contributed by atoms with Gasteiger partial charge in [0, 0.05) is 26.2 Å². The van der Waals surface area contributed by atoms with Crippen LogP contribution in [0.5, 0.6) is 11.5 Å². The van der Waals surface area contributed by atoms with Gasteiger partial charge in [-0.1, -0.05) is 0 Å². The van der Waals surface area contributed by atoms with Gasteiger partial charge in [0.25, 0.3) is 5.17 Å². The van der Waals surface area contributed by atoms with Crippen molar-refractivity contribution in [2.75, 3.05) is 14.1 Å². The van der Waals surface area contributed by atoms with Crippen molar-refractivity contribution in [1.29, 1.82) is 0 Å². The maximum atomic E-state index is 12.8. The van der Waals surface area contributed by atoms with Crippen molar-refractivity contribution in [3.05, 3.63) is 57.0 Å². The van der Waals surface area contributed by atoms with Gasteiger partial charge < -0.3 is 14.7 Å². The van der Waals surface area contributed by atoms with Gasteiger partial charge in [-0.05, 0) is 68.3 Å². The summed E-state index contributed by atoms with van der Waals surface area (Å²) in [6.07, 6.45) is 0. The Morgan fingerprint density at radius 2 is 1.57 bits per heavy atom. The zero-order chi connectivity index (χ0) is 17.6. The van der Waals surface area contributed by atoms with E-state index in [1.165, 1.54) is 24.3 Å². The molecule has 0 bridgehead atoms. The molecule has 23 heavy (non-hydrogen) atoms. The molecule has 0 fully saturated rings. The lowest BCUT2D eigenvalue weighted by Gasteiger charge is -2.14. The molecule has 0 radical (unpaired) electrons. The van der Waals surface area contributed by atoms with Gasteiger partial charge in [-0.25, -0.2) is 8.78 Å². The summed E-state index contributed by atoms with van der Waals surface area (Å²) in [5, 5.41) is 9.10. The van der Waals surface area contributed by atoms with Crippen LogP contribution in [0, 0.1) is 11.6 Å². The minimum atomic E-state index is -0.435. The number of hydrogen-bond acceptors (Lipinski definition) is 3. The minimum Gasteiger partial charge on any atom is -0.507 e. The fourth-order valence-electron chi connectivity index (χ4n) is 1.23. The van der Waals surface area contributed by atoms with Crippen LogP contribution in [0.3, 0.4) is 0 Å². The Kier molecular flexibility index (Phi) is 7.87. The molecular weight excluding hydrogens is 456 g/mol. The van der Waals surface area contributed by atoms with Crippen LogP contribution in [0.2, 0.25) is 0 Å². The summed E-state index contributed by atoms with van der Waals surface area (Å²) in [6.45, 7) is 0. The third-order valence-electron chi connectivity index (χ3n) is 2.36. The normalized spacial score (nSPS) is 9.65. The molecule has 0 aliphatic carbocycles. The van der Waals surface area contributed by atoms with Crippen molar-refractivity contribution in [1.82, 2.24) is 4.90 Å². The van der Waals surface area contributed by atoms with Gasteiger partial charge in [0.2, 0.25) is 0 Å². The van der Waals surface area contributed by atoms with Crippen molar-refractivity contribution in [3.8, 4) is 11.5 Å². The molecule has 0 heterocycles. The van der Waals surface area contributed by atoms with E-state index in [-0.39, 0.29) is 16.7 Å². The molecule has 124 valence electrons. The van der Waals surface area contributed by atoms with E-state index in [1.54, 1.807) is 25.1 Å². The van der Waals surface area contributed by atoms with Crippen molar-refractivity contribution in [2.45, 2.75) is 0 Å². The molecular formula is C15H13Br2F2NO2S. The number of aromatic hydroxyl groups is 1. The molecule has 0 aliphatic heterocycles. The minimum absolute atomic E-state index is 0.0741. The third kappa shape index (κ3) is 6.80. The van der Waals surface area contributed by atoms with E-state index in [0.29, 0.717) is 14.7 Å². The van der Waals surface area contributed by atoms with E-state index < -0.39 is 5.82 Å². The molecule has 0 amide bonds. The SMILES string of the molecule is CN(C)C(=S)Oc1cc(F)ccc1Br.Oc1cc(F)ccc1Br. The largest absolute Gasteiger partial charge is 0.507 e. The summed E-state index contributed by atoms with van der Waals surface area (Å²) in [7, 11) is 3.52. The molecule has 0 unspecified atom stereocenters. The number of benzene rings is 2. The fraction of sp³-hybridized carbons (Fsp3) is 0.133. The molecule has 8 heteroatoms. The van der Waals surface area contributed by atoms with Gasteiger partial charge in [-0.3, -0.25) is 0 Å². The second-order valence-electron chi connectivity index (χ2n) is 4.43. The predicted octanol–water partition coefficient (Wildman–Crippen LogP) is 5.11. The standard InChI is InChI=1S/C9H9BrFNOS.C6H4BrFO/c1-12(2)9(14)13-8-5-6(11)3-4-7(8)10;7-5-2-1-4(8)3-6(5)9/h3-5H,1-2H3;1-3,9H. The van der Waals surface area contributed by atoms with Gasteiger partial charge in [0.05, 0.1) is 8.95 Å². The number of nitrogens with zero attached hydrogens (tertiary/aromatic N) is 1. The maximum Gasteiger partial charge on any atom is 0.264 e. The van der Waals surface area contributed by atoms with Gasteiger partial charge in [0.15, 0.2) is 0 Å². The number of ether oxygens (including phenoxy) is 1. The lowest BCUT2D eigenvalue weighted by atomic mass is 10.3. The summed E-state index contributed by atoms with van der Waals surface area (Å²) in [4.78, 5) is 1.63. The van der Waals surface area contributed by atoms with E-state index in [2.05, 4.69) is 31.9 Å². The highest BCUT2D eigenvalue weighted by molar-refractivity contribution is 9.10. The number of phenols is 1. The second-order valence-corrected chi connectivity index (χ2v) is 6.49. The van der Waals surface area contributed by atoms with E-state index in [1.807, 2.05) is 0 Å². The Morgan fingerprint density at radius 3 is 2.04 bits per heavy atom. The zero-order valence-electron chi connectivity index (χ0n) is 12.2. The molecule has 2 aromatic carbocycles. The molecule has 0 spiro atoms. The summed E-state index contributed by atoms with van der Waals surface area (Å²) in [5.41, 5.74) is 0. The fourth-order valence-corrected chi connectivity index (χ4v) is 1.89. The van der Waals surface area contributed by atoms with E-state index in [4.69, 9.17) is 22.1 Å². The number of thiocarbonyl (C=S) groups is 1. The molecule has 0 aliphatic rings. The monoisotopic (exact) mass is 467 g/mol. The first-order valence-corrected chi connectivity index (χ1v) is 8.18. The van der Waals surface area contributed by atoms with Crippen LogP contribution in [-0.4, -0.2) is 29.3 Å². The maximum absolute atomic E-state index is 12.8. The topological polar surface area (TPSA) is 32.7 Å². The van der Waals surface area contributed by atoms with E-state index >= 15 is 0 Å². The number of phenolic OH excluding ortho intramolecular Hbond substituents is 1. The number of hydrogen-bond donors (Lipinski definition) is 1. The highest BCUT2D eigenvalue weighted by atomic mass is 79.9. The lowest BCUT2D eigenvalue weighted by molar-refractivity contribution is 0.444. The molecule has 0 aromatic heterocycles. The van der Waals surface area contributed by atoms with Crippen LogP contribution in [-0.2, 0) is 0 Å². The Morgan fingerprint density at radius 1 is 1.04 bits per heavy atom. The van der Waals surface area contributed by atoms with Gasteiger partial charge >= 0.3 is 0 Å². The van der Waals surface area contributed by atoms with Crippen molar-refractivity contribution in [3.63, 3.8) is 0 Å². The summed E-state index contributed by atoms with van der Waals surface area (Å²) in [5.74, 6) is -0.487. The first-order chi connectivity index (χ1) is 10.7. The second kappa shape index (κ2) is 9.14. The first-order valence-electron chi connectivity index (χ1n) is 6.19. The quantitative estimate of drug-likeness (QED) is 0.589. The molecule has 2 aromatic rings.